The molecular weight excluding hydrogens is 294 g/mol. The van der Waals surface area contributed by atoms with Crippen LogP contribution < -0.4 is 5.32 Å². The van der Waals surface area contributed by atoms with Crippen molar-refractivity contribution < 1.29 is 13.9 Å². The van der Waals surface area contributed by atoms with Gasteiger partial charge in [-0.15, -0.1) is 0 Å². The predicted octanol–water partition coefficient (Wildman–Crippen LogP) is 1.08. The molecule has 6 nitrogen and oxygen atoms in total. The highest BCUT2D eigenvalue weighted by molar-refractivity contribution is 5.94. The van der Waals surface area contributed by atoms with Crippen molar-refractivity contribution in [1.29, 1.82) is 0 Å². The molecule has 0 unspecified atom stereocenters. The Morgan fingerprint density at radius 3 is 2.91 bits per heavy atom. The van der Waals surface area contributed by atoms with Crippen LogP contribution in [0.25, 0.3) is 0 Å². The van der Waals surface area contributed by atoms with Gasteiger partial charge in [-0.3, -0.25) is 9.69 Å². The maximum Gasteiger partial charge on any atom is 0.257 e. The number of nitrogens with one attached hydrogen (secondary N) is 1. The summed E-state index contributed by atoms with van der Waals surface area (Å²) in [6.45, 7) is 6.08. The van der Waals surface area contributed by atoms with Crippen molar-refractivity contribution >= 4 is 5.91 Å². The summed E-state index contributed by atoms with van der Waals surface area (Å²) in [7, 11) is 0. The molecule has 0 aliphatic carbocycles. The van der Waals surface area contributed by atoms with Crippen molar-refractivity contribution in [3.05, 3.63) is 23.7 Å². The number of rotatable bonds is 3. The number of amides is 1. The van der Waals surface area contributed by atoms with Crippen molar-refractivity contribution in [2.75, 3.05) is 39.4 Å². The highest BCUT2D eigenvalue weighted by atomic mass is 16.5. The third kappa shape index (κ3) is 3.16. The largest absolute Gasteiger partial charge is 0.467 e. The van der Waals surface area contributed by atoms with Crippen LogP contribution in [0.3, 0.4) is 0 Å². The summed E-state index contributed by atoms with van der Waals surface area (Å²) in [4.78, 5) is 17.3. The van der Waals surface area contributed by atoms with Gasteiger partial charge in [0.15, 0.2) is 0 Å². The molecule has 3 fully saturated rings. The Hall–Kier alpha value is -1.37. The standard InChI is InChI=1S/C17H25N3O3/c21-17(20-14-1-2-15(20)10-18-4-3-14)13-9-16(23-12-13)11-19-5-7-22-8-6-19/h9,12,14-15,18H,1-8,10-11H2/t14-,15+/m1/s1. The second-order valence-corrected chi connectivity index (χ2v) is 6.78. The number of hydrogen-bond acceptors (Lipinski definition) is 5. The van der Waals surface area contributed by atoms with Crippen molar-refractivity contribution in [2.45, 2.75) is 37.9 Å². The number of ether oxygens (including phenoxy) is 1. The molecule has 0 saturated carbocycles. The van der Waals surface area contributed by atoms with Crippen LogP contribution in [0, 0.1) is 0 Å². The zero-order valence-corrected chi connectivity index (χ0v) is 13.5. The maximum absolute atomic E-state index is 12.9. The topological polar surface area (TPSA) is 58.0 Å². The summed E-state index contributed by atoms with van der Waals surface area (Å²) in [5.41, 5.74) is 0.701. The van der Waals surface area contributed by atoms with Gasteiger partial charge < -0.3 is 19.4 Å². The molecule has 3 aliphatic rings. The zero-order valence-electron chi connectivity index (χ0n) is 13.5. The zero-order chi connectivity index (χ0) is 15.6. The van der Waals surface area contributed by atoms with Gasteiger partial charge in [0.2, 0.25) is 0 Å². The summed E-state index contributed by atoms with van der Waals surface area (Å²) in [6.07, 6.45) is 4.94. The Kier molecular flexibility index (Phi) is 4.37. The molecule has 3 saturated heterocycles. The first-order valence-corrected chi connectivity index (χ1v) is 8.72. The van der Waals surface area contributed by atoms with E-state index in [-0.39, 0.29) is 5.91 Å². The Labute approximate surface area is 136 Å². The molecule has 3 aliphatic heterocycles. The van der Waals surface area contributed by atoms with E-state index in [0.717, 1.165) is 71.0 Å². The average Bonchev–Trinajstić information content (AvgIpc) is 3.11. The van der Waals surface area contributed by atoms with E-state index in [2.05, 4.69) is 15.1 Å². The first-order valence-electron chi connectivity index (χ1n) is 8.72. The van der Waals surface area contributed by atoms with Crippen LogP contribution in [0.5, 0.6) is 0 Å². The molecule has 1 N–H and O–H groups in total. The lowest BCUT2D eigenvalue weighted by molar-refractivity contribution is 0.0313. The Morgan fingerprint density at radius 1 is 1.22 bits per heavy atom. The number of morpholine rings is 1. The summed E-state index contributed by atoms with van der Waals surface area (Å²) in [6, 6.07) is 2.66. The molecule has 126 valence electrons. The van der Waals surface area contributed by atoms with E-state index in [0.29, 0.717) is 17.6 Å². The molecule has 4 rings (SSSR count). The van der Waals surface area contributed by atoms with Crippen molar-refractivity contribution in [3.63, 3.8) is 0 Å². The molecule has 0 spiro atoms. The number of fused-ring (bicyclic) bond motifs is 2. The number of hydrogen-bond donors (Lipinski definition) is 1. The molecule has 2 atom stereocenters. The molecule has 4 heterocycles. The van der Waals surface area contributed by atoms with Crippen LogP contribution in [0.1, 0.15) is 35.4 Å². The van der Waals surface area contributed by atoms with E-state index in [1.165, 1.54) is 0 Å². The van der Waals surface area contributed by atoms with E-state index in [1.54, 1.807) is 6.26 Å². The molecule has 6 heteroatoms. The van der Waals surface area contributed by atoms with Crippen LogP contribution >= 0.6 is 0 Å². The first-order chi connectivity index (χ1) is 11.3. The quantitative estimate of drug-likeness (QED) is 0.903. The van der Waals surface area contributed by atoms with Gasteiger partial charge in [0.1, 0.15) is 12.0 Å². The normalized spacial score (nSPS) is 28.8. The average molecular weight is 319 g/mol. The monoisotopic (exact) mass is 319 g/mol. The van der Waals surface area contributed by atoms with E-state index in [9.17, 15) is 4.79 Å². The fraction of sp³-hybridized carbons (Fsp3) is 0.706. The number of furan rings is 1. The van der Waals surface area contributed by atoms with Crippen LogP contribution in [-0.2, 0) is 11.3 Å². The summed E-state index contributed by atoms with van der Waals surface area (Å²) >= 11 is 0. The number of carbonyl (C=O) groups excluding carboxylic acids is 1. The third-order valence-corrected chi connectivity index (χ3v) is 5.27. The summed E-state index contributed by atoms with van der Waals surface area (Å²) < 4.78 is 11.0. The van der Waals surface area contributed by atoms with E-state index >= 15 is 0 Å². The molecular formula is C17H25N3O3. The minimum Gasteiger partial charge on any atom is -0.467 e. The second kappa shape index (κ2) is 6.63. The summed E-state index contributed by atoms with van der Waals surface area (Å²) in [5.74, 6) is 1.01. The fourth-order valence-corrected chi connectivity index (χ4v) is 4.02. The van der Waals surface area contributed by atoms with Gasteiger partial charge in [0, 0.05) is 31.7 Å². The first kappa shape index (κ1) is 15.2. The maximum atomic E-state index is 12.9. The predicted molar refractivity (Wildman–Crippen MR) is 85.3 cm³/mol. The molecule has 1 amide bonds. The smallest absolute Gasteiger partial charge is 0.257 e. The highest BCUT2D eigenvalue weighted by Crippen LogP contribution is 2.30. The fourth-order valence-electron chi connectivity index (χ4n) is 4.02. The van der Waals surface area contributed by atoms with Crippen LogP contribution in [0.2, 0.25) is 0 Å². The molecule has 1 aromatic rings. The Balaban J connectivity index is 1.44. The molecule has 1 aromatic heterocycles. The van der Waals surface area contributed by atoms with Crippen molar-refractivity contribution in [1.82, 2.24) is 15.1 Å². The van der Waals surface area contributed by atoms with Gasteiger partial charge in [-0.2, -0.15) is 0 Å². The molecule has 0 aromatic carbocycles. The molecule has 0 radical (unpaired) electrons. The third-order valence-electron chi connectivity index (χ3n) is 5.27. The Morgan fingerprint density at radius 2 is 2.04 bits per heavy atom. The van der Waals surface area contributed by atoms with E-state index in [4.69, 9.17) is 9.15 Å². The summed E-state index contributed by atoms with van der Waals surface area (Å²) in [5, 5.41) is 3.44. The molecule has 23 heavy (non-hydrogen) atoms. The lowest BCUT2D eigenvalue weighted by Gasteiger charge is -2.27. The van der Waals surface area contributed by atoms with Gasteiger partial charge >= 0.3 is 0 Å². The van der Waals surface area contributed by atoms with Gasteiger partial charge in [-0.25, -0.2) is 0 Å². The second-order valence-electron chi connectivity index (χ2n) is 6.78. The van der Waals surface area contributed by atoms with E-state index in [1.807, 2.05) is 6.07 Å². The Bertz CT molecular complexity index is 539. The number of nitrogens with zero attached hydrogens (tertiary/aromatic N) is 2. The van der Waals surface area contributed by atoms with Gasteiger partial charge in [0.25, 0.3) is 5.91 Å². The highest BCUT2D eigenvalue weighted by Gasteiger charge is 2.38. The number of carbonyl (C=O) groups is 1. The van der Waals surface area contributed by atoms with Crippen LogP contribution in [0.15, 0.2) is 16.7 Å². The van der Waals surface area contributed by atoms with Gasteiger partial charge in [-0.1, -0.05) is 0 Å². The lowest BCUT2D eigenvalue weighted by Crippen LogP contribution is -2.42. The lowest BCUT2D eigenvalue weighted by atomic mass is 10.1. The SMILES string of the molecule is O=C(c1coc(CN2CCOCC2)c1)N1[C@H]2CCNC[C@@H]1CC2. The van der Waals surface area contributed by atoms with Crippen LogP contribution in [-0.4, -0.2) is 67.2 Å². The van der Waals surface area contributed by atoms with Crippen LogP contribution in [0.4, 0.5) is 0 Å². The van der Waals surface area contributed by atoms with Gasteiger partial charge in [0.05, 0.1) is 25.3 Å². The minimum atomic E-state index is 0.137. The molecule has 2 bridgehead atoms. The minimum absolute atomic E-state index is 0.137. The van der Waals surface area contributed by atoms with Crippen molar-refractivity contribution in [3.8, 4) is 0 Å². The van der Waals surface area contributed by atoms with Gasteiger partial charge in [-0.05, 0) is 31.9 Å². The van der Waals surface area contributed by atoms with E-state index < -0.39 is 0 Å². The van der Waals surface area contributed by atoms with Crippen molar-refractivity contribution in [2.24, 2.45) is 0 Å².